The Labute approximate surface area is 123 Å². The monoisotopic (exact) mass is 292 g/mol. The van der Waals surface area contributed by atoms with E-state index in [9.17, 15) is 0 Å². The normalized spacial score (nSPS) is 12.2. The SMILES string of the molecule is CCOc1nc(NC(C)c2sc(C)nc2C)ccc1N. The second kappa shape index (κ2) is 6.09. The third kappa shape index (κ3) is 3.19. The maximum atomic E-state index is 5.82. The summed E-state index contributed by atoms with van der Waals surface area (Å²) in [6.45, 7) is 8.59. The molecule has 2 aromatic heterocycles. The average molecular weight is 292 g/mol. The van der Waals surface area contributed by atoms with E-state index < -0.39 is 0 Å². The van der Waals surface area contributed by atoms with Crippen molar-refractivity contribution in [2.75, 3.05) is 17.7 Å². The predicted octanol–water partition coefficient (Wildman–Crippen LogP) is 3.31. The quantitative estimate of drug-likeness (QED) is 0.884. The summed E-state index contributed by atoms with van der Waals surface area (Å²) in [6.07, 6.45) is 0. The molecule has 3 N–H and O–H groups in total. The molecule has 1 unspecified atom stereocenters. The van der Waals surface area contributed by atoms with Gasteiger partial charge in [-0.3, -0.25) is 0 Å². The first-order valence-electron chi connectivity index (χ1n) is 6.61. The molecular weight excluding hydrogens is 272 g/mol. The lowest BCUT2D eigenvalue weighted by molar-refractivity contribution is 0.329. The number of ether oxygens (including phenoxy) is 1. The molecule has 2 heterocycles. The van der Waals surface area contributed by atoms with Crippen molar-refractivity contribution in [3.05, 3.63) is 27.7 Å². The summed E-state index contributed by atoms with van der Waals surface area (Å²) < 4.78 is 5.41. The van der Waals surface area contributed by atoms with E-state index in [4.69, 9.17) is 10.5 Å². The van der Waals surface area contributed by atoms with Gasteiger partial charge in [-0.05, 0) is 39.8 Å². The van der Waals surface area contributed by atoms with Crippen LogP contribution in [0.1, 0.15) is 35.5 Å². The summed E-state index contributed by atoms with van der Waals surface area (Å²) in [7, 11) is 0. The average Bonchev–Trinajstić information content (AvgIpc) is 2.73. The number of hydrogen-bond acceptors (Lipinski definition) is 6. The first-order chi connectivity index (χ1) is 9.51. The number of pyridine rings is 1. The molecule has 0 aromatic carbocycles. The predicted molar refractivity (Wildman–Crippen MR) is 83.4 cm³/mol. The lowest BCUT2D eigenvalue weighted by Crippen LogP contribution is -2.09. The van der Waals surface area contributed by atoms with Crippen LogP contribution in [0.25, 0.3) is 0 Å². The summed E-state index contributed by atoms with van der Waals surface area (Å²) in [5, 5.41) is 4.44. The third-order valence-corrected chi connectivity index (χ3v) is 4.12. The van der Waals surface area contributed by atoms with Gasteiger partial charge in [-0.25, -0.2) is 4.98 Å². The minimum atomic E-state index is 0.145. The van der Waals surface area contributed by atoms with Crippen LogP contribution in [-0.4, -0.2) is 16.6 Å². The summed E-state index contributed by atoms with van der Waals surface area (Å²) in [4.78, 5) is 10.1. The highest BCUT2D eigenvalue weighted by Crippen LogP contribution is 2.28. The fourth-order valence-electron chi connectivity index (χ4n) is 2.02. The Kier molecular flexibility index (Phi) is 4.44. The molecule has 0 aliphatic rings. The molecule has 6 heteroatoms. The number of rotatable bonds is 5. The second-order valence-electron chi connectivity index (χ2n) is 4.57. The molecule has 0 spiro atoms. The highest BCUT2D eigenvalue weighted by Gasteiger charge is 2.14. The van der Waals surface area contributed by atoms with Crippen molar-refractivity contribution < 1.29 is 4.74 Å². The van der Waals surface area contributed by atoms with E-state index >= 15 is 0 Å². The van der Waals surface area contributed by atoms with Crippen LogP contribution in [-0.2, 0) is 0 Å². The van der Waals surface area contributed by atoms with E-state index in [0.717, 1.165) is 16.5 Å². The van der Waals surface area contributed by atoms with Crippen LogP contribution >= 0.6 is 11.3 Å². The van der Waals surface area contributed by atoms with Gasteiger partial charge in [0.1, 0.15) is 5.82 Å². The summed E-state index contributed by atoms with van der Waals surface area (Å²) in [5.41, 5.74) is 7.44. The molecule has 1 atom stereocenters. The lowest BCUT2D eigenvalue weighted by Gasteiger charge is -2.15. The van der Waals surface area contributed by atoms with E-state index in [0.29, 0.717) is 18.2 Å². The van der Waals surface area contributed by atoms with Gasteiger partial charge in [0.2, 0.25) is 5.88 Å². The zero-order valence-electron chi connectivity index (χ0n) is 12.2. The molecule has 5 nitrogen and oxygen atoms in total. The molecule has 2 aromatic rings. The topological polar surface area (TPSA) is 73.1 Å². The number of nitrogens with one attached hydrogen (secondary N) is 1. The molecule has 0 radical (unpaired) electrons. The minimum Gasteiger partial charge on any atom is -0.476 e. The van der Waals surface area contributed by atoms with Gasteiger partial charge in [-0.15, -0.1) is 11.3 Å². The molecule has 0 bridgehead atoms. The van der Waals surface area contributed by atoms with Crippen LogP contribution in [0, 0.1) is 13.8 Å². The van der Waals surface area contributed by atoms with Crippen molar-refractivity contribution in [3.63, 3.8) is 0 Å². The molecule has 0 aliphatic carbocycles. The van der Waals surface area contributed by atoms with Crippen molar-refractivity contribution in [1.29, 1.82) is 0 Å². The Morgan fingerprint density at radius 3 is 2.70 bits per heavy atom. The number of aryl methyl sites for hydroxylation is 2. The molecule has 2 rings (SSSR count). The van der Waals surface area contributed by atoms with Crippen molar-refractivity contribution in [2.24, 2.45) is 0 Å². The molecule has 0 fully saturated rings. The maximum Gasteiger partial charge on any atom is 0.239 e. The second-order valence-corrected chi connectivity index (χ2v) is 5.81. The molecule has 20 heavy (non-hydrogen) atoms. The zero-order chi connectivity index (χ0) is 14.7. The fraction of sp³-hybridized carbons (Fsp3) is 0.429. The fourth-order valence-corrected chi connectivity index (χ4v) is 2.95. The highest BCUT2D eigenvalue weighted by molar-refractivity contribution is 7.11. The third-order valence-electron chi connectivity index (χ3n) is 2.87. The first kappa shape index (κ1) is 14.6. The van der Waals surface area contributed by atoms with Gasteiger partial charge in [0, 0.05) is 4.88 Å². The van der Waals surface area contributed by atoms with Crippen LogP contribution in [0.5, 0.6) is 5.88 Å². The van der Waals surface area contributed by atoms with Crippen molar-refractivity contribution in [3.8, 4) is 5.88 Å². The molecule has 0 amide bonds. The Bertz CT molecular complexity index is 597. The van der Waals surface area contributed by atoms with E-state index in [-0.39, 0.29) is 6.04 Å². The van der Waals surface area contributed by atoms with E-state index in [1.165, 1.54) is 4.88 Å². The first-order valence-corrected chi connectivity index (χ1v) is 7.42. The largest absolute Gasteiger partial charge is 0.476 e. The van der Waals surface area contributed by atoms with Gasteiger partial charge < -0.3 is 15.8 Å². The Hall–Kier alpha value is -1.82. The van der Waals surface area contributed by atoms with Gasteiger partial charge in [0.15, 0.2) is 0 Å². The number of nitrogens with two attached hydrogens (primary N) is 1. The van der Waals surface area contributed by atoms with E-state index in [1.807, 2.05) is 26.8 Å². The number of thiazole rings is 1. The summed E-state index contributed by atoms with van der Waals surface area (Å²) in [6, 6.07) is 3.81. The van der Waals surface area contributed by atoms with Crippen molar-refractivity contribution >= 4 is 22.8 Å². The number of hydrogen-bond donors (Lipinski definition) is 2. The Morgan fingerprint density at radius 1 is 1.35 bits per heavy atom. The van der Waals surface area contributed by atoms with Crippen LogP contribution in [0.15, 0.2) is 12.1 Å². The number of aromatic nitrogens is 2. The standard InChI is InChI=1S/C14H20N4OS/c1-5-19-14-11(15)6-7-12(18-14)17-9(3)13-8(2)16-10(4)20-13/h6-7,9H,5,15H2,1-4H3,(H,17,18). The van der Waals surface area contributed by atoms with Gasteiger partial charge in [-0.1, -0.05) is 0 Å². The van der Waals surface area contributed by atoms with Crippen LogP contribution in [0.2, 0.25) is 0 Å². The van der Waals surface area contributed by atoms with Gasteiger partial charge in [-0.2, -0.15) is 4.98 Å². The van der Waals surface area contributed by atoms with Crippen LogP contribution in [0.3, 0.4) is 0 Å². The number of anilines is 2. The van der Waals surface area contributed by atoms with Crippen molar-refractivity contribution in [2.45, 2.75) is 33.7 Å². The molecule has 0 aliphatic heterocycles. The Balaban J connectivity index is 2.17. The molecule has 0 saturated heterocycles. The van der Waals surface area contributed by atoms with Gasteiger partial charge >= 0.3 is 0 Å². The molecule has 0 saturated carbocycles. The van der Waals surface area contributed by atoms with E-state index in [2.05, 4.69) is 22.2 Å². The maximum absolute atomic E-state index is 5.82. The molecule has 108 valence electrons. The smallest absolute Gasteiger partial charge is 0.239 e. The summed E-state index contributed by atoms with van der Waals surface area (Å²) >= 11 is 1.70. The lowest BCUT2D eigenvalue weighted by atomic mass is 10.2. The zero-order valence-corrected chi connectivity index (χ0v) is 13.0. The van der Waals surface area contributed by atoms with Gasteiger partial charge in [0.05, 0.1) is 29.0 Å². The highest BCUT2D eigenvalue weighted by atomic mass is 32.1. The summed E-state index contributed by atoms with van der Waals surface area (Å²) in [5.74, 6) is 1.22. The number of nitrogens with zero attached hydrogens (tertiary/aromatic N) is 2. The molecular formula is C14H20N4OS. The van der Waals surface area contributed by atoms with Crippen LogP contribution in [0.4, 0.5) is 11.5 Å². The van der Waals surface area contributed by atoms with Gasteiger partial charge in [0.25, 0.3) is 0 Å². The van der Waals surface area contributed by atoms with Crippen molar-refractivity contribution in [1.82, 2.24) is 9.97 Å². The van der Waals surface area contributed by atoms with E-state index in [1.54, 1.807) is 17.4 Å². The Morgan fingerprint density at radius 2 is 2.10 bits per heavy atom. The van der Waals surface area contributed by atoms with Crippen LogP contribution < -0.4 is 15.8 Å². The number of nitrogen functional groups attached to an aromatic ring is 1. The minimum absolute atomic E-state index is 0.145.